The van der Waals surface area contributed by atoms with E-state index >= 15 is 0 Å². The number of halogens is 1. The summed E-state index contributed by atoms with van der Waals surface area (Å²) in [5.74, 6) is -0.113. The number of ether oxygens (including phenoxy) is 2. The zero-order valence-electron chi connectivity index (χ0n) is 17.6. The van der Waals surface area contributed by atoms with Gasteiger partial charge in [0.05, 0.1) is 29.3 Å². The van der Waals surface area contributed by atoms with Gasteiger partial charge < -0.3 is 14.8 Å². The second-order valence-electron chi connectivity index (χ2n) is 6.83. The lowest BCUT2D eigenvalue weighted by Gasteiger charge is -2.24. The fraction of sp³-hybridized carbons (Fsp3) is 0.174. The predicted octanol–water partition coefficient (Wildman–Crippen LogP) is 4.33. The Bertz CT molecular complexity index is 1190. The lowest BCUT2D eigenvalue weighted by atomic mass is 10.2. The molecule has 0 fully saturated rings. The van der Waals surface area contributed by atoms with Crippen LogP contribution in [0.1, 0.15) is 5.56 Å². The smallest absolute Gasteiger partial charge is 0.264 e. The summed E-state index contributed by atoms with van der Waals surface area (Å²) in [7, 11) is -0.998. The van der Waals surface area contributed by atoms with Crippen molar-refractivity contribution >= 4 is 38.9 Å². The summed E-state index contributed by atoms with van der Waals surface area (Å²) in [5.41, 5.74) is 1.65. The third-order valence-electron chi connectivity index (χ3n) is 4.56. The molecular weight excluding hydrogens is 452 g/mol. The van der Waals surface area contributed by atoms with Crippen molar-refractivity contribution in [2.75, 3.05) is 30.4 Å². The summed E-state index contributed by atoms with van der Waals surface area (Å²) < 4.78 is 38.0. The van der Waals surface area contributed by atoms with Crippen molar-refractivity contribution < 1.29 is 22.7 Å². The number of nitrogens with one attached hydrogen (secondary N) is 1. The quantitative estimate of drug-likeness (QED) is 0.499. The molecule has 0 heterocycles. The van der Waals surface area contributed by atoms with E-state index in [0.717, 1.165) is 9.87 Å². The highest BCUT2D eigenvalue weighted by Crippen LogP contribution is 2.32. The number of hydrogen-bond acceptors (Lipinski definition) is 5. The van der Waals surface area contributed by atoms with Gasteiger partial charge in [0.2, 0.25) is 5.91 Å². The van der Waals surface area contributed by atoms with Crippen LogP contribution in [0.3, 0.4) is 0 Å². The molecule has 3 aromatic rings. The number of sulfonamides is 1. The molecule has 1 amide bonds. The van der Waals surface area contributed by atoms with E-state index in [1.807, 2.05) is 6.07 Å². The maximum Gasteiger partial charge on any atom is 0.264 e. The van der Waals surface area contributed by atoms with Crippen LogP contribution in [-0.4, -0.2) is 35.1 Å². The minimum absolute atomic E-state index is 0.0573. The summed E-state index contributed by atoms with van der Waals surface area (Å²) >= 11 is 6.22. The normalized spacial score (nSPS) is 11.1. The molecule has 0 saturated carbocycles. The molecular formula is C23H23ClN2O5S. The molecule has 3 aromatic carbocycles. The molecule has 0 bridgehead atoms. The van der Waals surface area contributed by atoms with Crippen LogP contribution in [0.5, 0.6) is 5.75 Å². The van der Waals surface area contributed by atoms with Gasteiger partial charge in [0.1, 0.15) is 12.3 Å². The first-order chi connectivity index (χ1) is 15.3. The van der Waals surface area contributed by atoms with Crippen molar-refractivity contribution in [3.05, 3.63) is 83.4 Å². The Morgan fingerprint density at radius 2 is 1.75 bits per heavy atom. The van der Waals surface area contributed by atoms with E-state index in [-0.39, 0.29) is 15.6 Å². The molecule has 168 valence electrons. The van der Waals surface area contributed by atoms with E-state index in [9.17, 15) is 13.2 Å². The molecule has 0 unspecified atom stereocenters. The molecule has 7 nitrogen and oxygen atoms in total. The lowest BCUT2D eigenvalue weighted by molar-refractivity contribution is -0.114. The monoisotopic (exact) mass is 474 g/mol. The van der Waals surface area contributed by atoms with Crippen LogP contribution in [0.2, 0.25) is 5.02 Å². The third kappa shape index (κ3) is 5.59. The van der Waals surface area contributed by atoms with Crippen molar-refractivity contribution in [3.63, 3.8) is 0 Å². The third-order valence-corrected chi connectivity index (χ3v) is 6.65. The van der Waals surface area contributed by atoms with Crippen LogP contribution in [-0.2, 0) is 26.2 Å². The van der Waals surface area contributed by atoms with Crippen LogP contribution < -0.4 is 14.4 Å². The maximum absolute atomic E-state index is 13.4. The van der Waals surface area contributed by atoms with Crippen molar-refractivity contribution in [2.45, 2.75) is 11.5 Å². The number of anilines is 2. The molecule has 0 aliphatic rings. The molecule has 0 radical (unpaired) electrons. The molecule has 32 heavy (non-hydrogen) atoms. The van der Waals surface area contributed by atoms with Crippen molar-refractivity contribution in [1.29, 1.82) is 0 Å². The highest BCUT2D eigenvalue weighted by Gasteiger charge is 2.27. The number of benzene rings is 3. The van der Waals surface area contributed by atoms with E-state index < -0.39 is 22.5 Å². The molecule has 9 heteroatoms. The Balaban J connectivity index is 1.93. The Morgan fingerprint density at radius 1 is 1.00 bits per heavy atom. The first-order valence-corrected chi connectivity index (χ1v) is 11.5. The number of carbonyl (C=O) groups excluding carboxylic acids is 1. The van der Waals surface area contributed by atoms with E-state index in [0.29, 0.717) is 18.0 Å². The van der Waals surface area contributed by atoms with Crippen LogP contribution in [0, 0.1) is 0 Å². The van der Waals surface area contributed by atoms with Gasteiger partial charge in [-0.1, -0.05) is 41.9 Å². The van der Waals surface area contributed by atoms with Gasteiger partial charge in [0.15, 0.2) is 0 Å². The molecule has 0 aliphatic carbocycles. The number of hydrogen-bond donors (Lipinski definition) is 1. The van der Waals surface area contributed by atoms with E-state index in [2.05, 4.69) is 5.32 Å². The van der Waals surface area contributed by atoms with Crippen molar-refractivity contribution in [3.8, 4) is 5.75 Å². The Labute approximate surface area is 192 Å². The second kappa shape index (κ2) is 10.5. The molecule has 1 N–H and O–H groups in total. The number of rotatable bonds is 9. The molecule has 0 aromatic heterocycles. The minimum atomic E-state index is -4.04. The summed E-state index contributed by atoms with van der Waals surface area (Å²) in [5, 5.41) is 2.97. The van der Waals surface area contributed by atoms with E-state index in [1.54, 1.807) is 49.6 Å². The fourth-order valence-electron chi connectivity index (χ4n) is 3.08. The number of carbonyl (C=O) groups is 1. The van der Waals surface area contributed by atoms with Crippen molar-refractivity contribution in [2.24, 2.45) is 0 Å². The predicted molar refractivity (Wildman–Crippen MR) is 125 cm³/mol. The van der Waals surface area contributed by atoms with Gasteiger partial charge in [-0.15, -0.1) is 0 Å². The SMILES string of the molecule is COCc1cccc(NC(=O)CN(c2ccc(OC)c(Cl)c2)S(=O)(=O)c2ccccc2)c1. The molecule has 0 aliphatic heterocycles. The molecule has 3 rings (SSSR count). The van der Waals surface area contributed by atoms with Gasteiger partial charge in [-0.25, -0.2) is 8.42 Å². The van der Waals surface area contributed by atoms with Crippen LogP contribution >= 0.6 is 11.6 Å². The first kappa shape index (κ1) is 23.6. The summed E-state index contributed by atoms with van der Waals surface area (Å²) in [4.78, 5) is 12.9. The molecule has 0 spiro atoms. The molecule has 0 atom stereocenters. The minimum Gasteiger partial charge on any atom is -0.495 e. The van der Waals surface area contributed by atoms with Gasteiger partial charge >= 0.3 is 0 Å². The summed E-state index contributed by atoms with van der Waals surface area (Å²) in [6, 6.07) is 19.6. The van der Waals surface area contributed by atoms with Crippen molar-refractivity contribution in [1.82, 2.24) is 0 Å². The van der Waals surface area contributed by atoms with Gasteiger partial charge in [-0.2, -0.15) is 0 Å². The maximum atomic E-state index is 13.4. The number of amides is 1. The van der Waals surface area contributed by atoms with Gasteiger partial charge in [-0.05, 0) is 48.0 Å². The van der Waals surface area contributed by atoms with E-state index in [1.165, 1.54) is 31.4 Å². The highest BCUT2D eigenvalue weighted by molar-refractivity contribution is 7.92. The van der Waals surface area contributed by atoms with Crippen LogP contribution in [0.25, 0.3) is 0 Å². The largest absolute Gasteiger partial charge is 0.495 e. The second-order valence-corrected chi connectivity index (χ2v) is 9.09. The van der Waals surface area contributed by atoms with Gasteiger partial charge in [0.25, 0.3) is 10.0 Å². The average Bonchev–Trinajstić information content (AvgIpc) is 2.78. The first-order valence-electron chi connectivity index (χ1n) is 9.64. The highest BCUT2D eigenvalue weighted by atomic mass is 35.5. The zero-order valence-corrected chi connectivity index (χ0v) is 19.2. The summed E-state index contributed by atoms with van der Waals surface area (Å²) in [6.07, 6.45) is 0. The average molecular weight is 475 g/mol. The zero-order chi connectivity index (χ0) is 23.1. The lowest BCUT2D eigenvalue weighted by Crippen LogP contribution is -2.38. The standard InChI is InChI=1S/C23H23ClN2O5S/c1-30-16-17-7-6-8-18(13-17)25-23(27)15-26(19-11-12-22(31-2)21(24)14-19)32(28,29)20-9-4-3-5-10-20/h3-14H,15-16H2,1-2H3,(H,25,27). The Morgan fingerprint density at radius 3 is 2.41 bits per heavy atom. The number of nitrogens with zero attached hydrogens (tertiary/aromatic N) is 1. The van der Waals surface area contributed by atoms with Crippen LogP contribution in [0.15, 0.2) is 77.7 Å². The fourth-order valence-corrected chi connectivity index (χ4v) is 4.77. The van der Waals surface area contributed by atoms with Gasteiger partial charge in [-0.3, -0.25) is 9.10 Å². The number of methoxy groups -OCH3 is 2. The van der Waals surface area contributed by atoms with E-state index in [4.69, 9.17) is 21.1 Å². The summed E-state index contributed by atoms with van der Waals surface area (Å²) in [6.45, 7) is -0.0586. The topological polar surface area (TPSA) is 84.9 Å². The Hall–Kier alpha value is -3.07. The van der Waals surface area contributed by atoms with Gasteiger partial charge in [0, 0.05) is 12.8 Å². The van der Waals surface area contributed by atoms with Crippen LogP contribution in [0.4, 0.5) is 11.4 Å². The molecule has 0 saturated heterocycles. The Kier molecular flexibility index (Phi) is 7.74.